The largest absolute Gasteiger partial charge is 0.346 e. The van der Waals surface area contributed by atoms with Crippen LogP contribution in [-0.4, -0.2) is 43.4 Å². The van der Waals surface area contributed by atoms with Crippen molar-refractivity contribution in [3.05, 3.63) is 35.6 Å². The lowest BCUT2D eigenvalue weighted by atomic mass is 10.1. The highest BCUT2D eigenvalue weighted by Crippen LogP contribution is 2.19. The molecule has 0 saturated heterocycles. The third-order valence-electron chi connectivity index (χ3n) is 3.45. The van der Waals surface area contributed by atoms with Crippen molar-refractivity contribution in [1.82, 2.24) is 15.5 Å². The maximum Gasteiger partial charge on any atom is 0.309 e. The highest BCUT2D eigenvalue weighted by atomic mass is 19.1. The second kappa shape index (κ2) is 6.67. The summed E-state index contributed by atoms with van der Waals surface area (Å²) in [6.45, 7) is 0.287. The van der Waals surface area contributed by atoms with Crippen molar-refractivity contribution >= 4 is 11.8 Å². The molecule has 0 unspecified atom stereocenters. The van der Waals surface area contributed by atoms with Gasteiger partial charge < -0.3 is 15.5 Å². The zero-order chi connectivity index (χ0) is 15.4. The second-order valence-corrected chi connectivity index (χ2v) is 5.49. The Morgan fingerprint density at radius 3 is 2.38 bits per heavy atom. The molecule has 5 nitrogen and oxygen atoms in total. The number of hydrogen-bond acceptors (Lipinski definition) is 3. The highest BCUT2D eigenvalue weighted by molar-refractivity contribution is 6.35. The minimum absolute atomic E-state index is 0.122. The van der Waals surface area contributed by atoms with Crippen molar-refractivity contribution in [3.8, 4) is 0 Å². The number of carbonyl (C=O) groups excluding carboxylic acids is 2. The Morgan fingerprint density at radius 1 is 1.24 bits per heavy atom. The number of likely N-dealkylation sites (N-methyl/N-ethyl adjacent to an activating group) is 1. The molecule has 1 aliphatic carbocycles. The van der Waals surface area contributed by atoms with Gasteiger partial charge in [0.2, 0.25) is 0 Å². The van der Waals surface area contributed by atoms with Crippen LogP contribution in [0.5, 0.6) is 0 Å². The van der Waals surface area contributed by atoms with E-state index in [9.17, 15) is 14.0 Å². The van der Waals surface area contributed by atoms with E-state index in [4.69, 9.17) is 0 Å². The predicted octanol–water partition coefficient (Wildman–Crippen LogP) is 0.823. The molecule has 0 bridgehead atoms. The van der Waals surface area contributed by atoms with Gasteiger partial charge in [-0.15, -0.1) is 0 Å². The number of hydrogen-bond donors (Lipinski definition) is 2. The quantitative estimate of drug-likeness (QED) is 0.790. The average molecular weight is 293 g/mol. The molecule has 1 saturated carbocycles. The van der Waals surface area contributed by atoms with Gasteiger partial charge in [0.25, 0.3) is 0 Å². The third kappa shape index (κ3) is 4.53. The average Bonchev–Trinajstić information content (AvgIpc) is 3.24. The van der Waals surface area contributed by atoms with Crippen LogP contribution in [0.3, 0.4) is 0 Å². The Balaban J connectivity index is 1.91. The van der Waals surface area contributed by atoms with Crippen molar-refractivity contribution in [3.63, 3.8) is 0 Å². The minimum atomic E-state index is -0.629. The van der Waals surface area contributed by atoms with E-state index in [0.29, 0.717) is 0 Å². The van der Waals surface area contributed by atoms with E-state index < -0.39 is 11.8 Å². The fourth-order valence-electron chi connectivity index (χ4n) is 2.03. The summed E-state index contributed by atoms with van der Waals surface area (Å²) in [5.74, 6) is -1.52. The van der Waals surface area contributed by atoms with Crippen molar-refractivity contribution in [1.29, 1.82) is 0 Å². The molecule has 21 heavy (non-hydrogen) atoms. The van der Waals surface area contributed by atoms with Gasteiger partial charge in [-0.3, -0.25) is 9.59 Å². The first kappa shape index (κ1) is 15.4. The SMILES string of the molecule is CN(C)[C@@H](CNC(=O)C(=O)NC1CC1)c1ccc(F)cc1. The number of nitrogens with one attached hydrogen (secondary N) is 2. The van der Waals surface area contributed by atoms with Gasteiger partial charge in [-0.25, -0.2) is 4.39 Å². The second-order valence-electron chi connectivity index (χ2n) is 5.49. The number of rotatable bonds is 5. The Hall–Kier alpha value is -1.95. The molecule has 0 heterocycles. The fraction of sp³-hybridized carbons (Fsp3) is 0.467. The van der Waals surface area contributed by atoms with Gasteiger partial charge >= 0.3 is 11.8 Å². The van der Waals surface area contributed by atoms with Crippen LogP contribution in [0.1, 0.15) is 24.4 Å². The third-order valence-corrected chi connectivity index (χ3v) is 3.45. The number of benzene rings is 1. The molecular formula is C15H20FN3O2. The van der Waals surface area contributed by atoms with Gasteiger partial charge in [0.1, 0.15) is 5.82 Å². The van der Waals surface area contributed by atoms with Crippen molar-refractivity contribution in [2.45, 2.75) is 24.9 Å². The Morgan fingerprint density at radius 2 is 1.86 bits per heavy atom. The standard InChI is InChI=1S/C15H20FN3O2/c1-19(2)13(10-3-5-11(16)6-4-10)9-17-14(20)15(21)18-12-7-8-12/h3-6,12-13H,7-9H2,1-2H3,(H,17,20)(H,18,21)/t13-/m0/s1. The van der Waals surface area contributed by atoms with E-state index in [2.05, 4.69) is 10.6 Å². The number of halogens is 1. The highest BCUT2D eigenvalue weighted by Gasteiger charge is 2.26. The van der Waals surface area contributed by atoms with Crippen LogP contribution in [0, 0.1) is 5.82 Å². The summed E-state index contributed by atoms with van der Waals surface area (Å²) in [7, 11) is 3.73. The number of nitrogens with zero attached hydrogens (tertiary/aromatic N) is 1. The van der Waals surface area contributed by atoms with Crippen LogP contribution in [0.4, 0.5) is 4.39 Å². The lowest BCUT2D eigenvalue weighted by molar-refractivity contribution is -0.139. The summed E-state index contributed by atoms with van der Waals surface area (Å²) in [4.78, 5) is 25.2. The van der Waals surface area contributed by atoms with E-state index in [1.807, 2.05) is 19.0 Å². The summed E-state index contributed by atoms with van der Waals surface area (Å²) >= 11 is 0. The van der Waals surface area contributed by atoms with Crippen LogP contribution < -0.4 is 10.6 Å². The van der Waals surface area contributed by atoms with E-state index in [1.54, 1.807) is 12.1 Å². The molecule has 114 valence electrons. The molecule has 0 aliphatic heterocycles. The summed E-state index contributed by atoms with van der Waals surface area (Å²) in [5, 5.41) is 5.26. The topological polar surface area (TPSA) is 61.4 Å². The summed E-state index contributed by atoms with van der Waals surface area (Å²) in [5.41, 5.74) is 0.879. The van der Waals surface area contributed by atoms with Gasteiger partial charge in [0.15, 0.2) is 0 Å². The summed E-state index contributed by atoms with van der Waals surface area (Å²) in [6, 6.07) is 6.15. The first-order chi connectivity index (χ1) is 9.97. The normalized spacial score (nSPS) is 15.6. The van der Waals surface area contributed by atoms with Crippen molar-refractivity contribution in [2.24, 2.45) is 0 Å². The van der Waals surface area contributed by atoms with Gasteiger partial charge in [-0.05, 0) is 44.6 Å². The maximum absolute atomic E-state index is 13.0. The van der Waals surface area contributed by atoms with Crippen molar-refractivity contribution in [2.75, 3.05) is 20.6 Å². The van der Waals surface area contributed by atoms with Crippen molar-refractivity contribution < 1.29 is 14.0 Å². The molecule has 1 aromatic rings. The lowest BCUT2D eigenvalue weighted by Gasteiger charge is -2.25. The lowest BCUT2D eigenvalue weighted by Crippen LogP contribution is -2.43. The summed E-state index contributed by atoms with van der Waals surface area (Å²) in [6.07, 6.45) is 1.88. The number of amides is 2. The minimum Gasteiger partial charge on any atom is -0.346 e. The van der Waals surface area contributed by atoms with Gasteiger partial charge in [-0.1, -0.05) is 12.1 Å². The molecule has 1 aromatic carbocycles. The molecule has 0 aromatic heterocycles. The molecule has 0 spiro atoms. The first-order valence-corrected chi connectivity index (χ1v) is 6.98. The molecule has 6 heteroatoms. The number of carbonyl (C=O) groups is 2. The van der Waals surface area contributed by atoms with Crippen LogP contribution in [0.15, 0.2) is 24.3 Å². The predicted molar refractivity (Wildman–Crippen MR) is 77.0 cm³/mol. The molecule has 2 rings (SSSR count). The molecule has 2 amide bonds. The van der Waals surface area contributed by atoms with Crippen LogP contribution in [0.2, 0.25) is 0 Å². The van der Waals surface area contributed by atoms with Gasteiger partial charge in [0, 0.05) is 12.6 Å². The molecular weight excluding hydrogens is 273 g/mol. The van der Waals surface area contributed by atoms with Gasteiger partial charge in [0.05, 0.1) is 6.04 Å². The van der Waals surface area contributed by atoms with Crippen LogP contribution in [-0.2, 0) is 9.59 Å². The Kier molecular flexibility index (Phi) is 4.90. The maximum atomic E-state index is 13.0. The van der Waals surface area contributed by atoms with E-state index >= 15 is 0 Å². The van der Waals surface area contributed by atoms with E-state index in [-0.39, 0.29) is 24.4 Å². The molecule has 1 aliphatic rings. The zero-order valence-corrected chi connectivity index (χ0v) is 12.2. The molecule has 2 N–H and O–H groups in total. The molecule has 1 fully saturated rings. The molecule has 0 radical (unpaired) electrons. The monoisotopic (exact) mass is 293 g/mol. The smallest absolute Gasteiger partial charge is 0.309 e. The van der Waals surface area contributed by atoms with E-state index in [1.165, 1.54) is 12.1 Å². The zero-order valence-electron chi connectivity index (χ0n) is 12.2. The van der Waals surface area contributed by atoms with Crippen LogP contribution >= 0.6 is 0 Å². The fourth-order valence-corrected chi connectivity index (χ4v) is 2.03. The molecule has 1 atom stereocenters. The first-order valence-electron chi connectivity index (χ1n) is 6.98. The van der Waals surface area contributed by atoms with E-state index in [0.717, 1.165) is 18.4 Å². The Bertz CT molecular complexity index is 512. The Labute approximate surface area is 123 Å². The van der Waals surface area contributed by atoms with Gasteiger partial charge in [-0.2, -0.15) is 0 Å². The summed E-state index contributed by atoms with van der Waals surface area (Å²) < 4.78 is 13.0. The van der Waals surface area contributed by atoms with Crippen LogP contribution in [0.25, 0.3) is 0 Å².